The molecule has 0 amide bonds. The second-order valence-electron chi connectivity index (χ2n) is 3.01. The number of nitrogens with zero attached hydrogens (tertiary/aromatic N) is 3. The van der Waals surface area contributed by atoms with E-state index in [4.69, 9.17) is 9.84 Å². The summed E-state index contributed by atoms with van der Waals surface area (Å²) in [5.41, 5.74) is 0.494. The monoisotopic (exact) mass is 243 g/mol. The fraction of sp³-hybridized carbons (Fsp3) is 0.100. The Morgan fingerprint density at radius 1 is 1.35 bits per heavy atom. The van der Waals surface area contributed by atoms with Gasteiger partial charge in [0, 0.05) is 0 Å². The van der Waals surface area contributed by atoms with Gasteiger partial charge in [0.25, 0.3) is 0 Å². The fourth-order valence-electron chi connectivity index (χ4n) is 1.33. The van der Waals surface area contributed by atoms with Gasteiger partial charge >= 0.3 is 35.5 Å². The topological polar surface area (TPSA) is 77.2 Å². The number of ether oxygens (including phenoxy) is 1. The summed E-state index contributed by atoms with van der Waals surface area (Å²) >= 11 is 0. The average molecular weight is 243 g/mol. The Morgan fingerprint density at radius 2 is 2.00 bits per heavy atom. The number of aromatic carboxylic acids is 1. The quantitative estimate of drug-likeness (QED) is 0.786. The summed E-state index contributed by atoms with van der Waals surface area (Å²) in [4.78, 5) is 12.3. The number of aromatic nitrogens is 3. The molecule has 0 unspecified atom stereocenters. The van der Waals surface area contributed by atoms with Crippen LogP contribution in [0.3, 0.4) is 0 Å². The van der Waals surface area contributed by atoms with Crippen molar-refractivity contribution in [2.75, 3.05) is 7.11 Å². The van der Waals surface area contributed by atoms with Crippen molar-refractivity contribution >= 4 is 35.5 Å². The van der Waals surface area contributed by atoms with Crippen LogP contribution in [0.15, 0.2) is 30.6 Å². The van der Waals surface area contributed by atoms with Crippen LogP contribution >= 0.6 is 0 Å². The van der Waals surface area contributed by atoms with E-state index in [-0.39, 0.29) is 35.1 Å². The maximum atomic E-state index is 11.1. The summed E-state index contributed by atoms with van der Waals surface area (Å²) in [5.74, 6) is -0.570. The molecular formula is C10H10N3NaO3. The predicted octanol–water partition coefficient (Wildman–Crippen LogP) is 0.326. The first-order valence-electron chi connectivity index (χ1n) is 4.50. The molecule has 6 nitrogen and oxygen atoms in total. The summed E-state index contributed by atoms with van der Waals surface area (Å²) in [6, 6.07) is 4.69. The molecule has 0 spiro atoms. The Balaban J connectivity index is 0.00000144. The molecular weight excluding hydrogens is 233 g/mol. The van der Waals surface area contributed by atoms with Crippen LogP contribution in [-0.4, -0.2) is 62.7 Å². The van der Waals surface area contributed by atoms with Gasteiger partial charge in [-0.3, -0.25) is 0 Å². The second kappa shape index (κ2) is 5.81. The molecule has 0 saturated carbocycles. The Morgan fingerprint density at radius 3 is 2.53 bits per heavy atom. The SMILES string of the molecule is COc1ccc(-n2nccn2)c(C(=O)O)c1.[NaH]. The molecule has 17 heavy (non-hydrogen) atoms. The molecule has 0 radical (unpaired) electrons. The van der Waals surface area contributed by atoms with Crippen LogP contribution in [0.4, 0.5) is 0 Å². The first-order valence-corrected chi connectivity index (χ1v) is 4.50. The number of carbonyl (C=O) groups is 1. The molecule has 1 heterocycles. The van der Waals surface area contributed by atoms with Crippen LogP contribution in [0.5, 0.6) is 5.75 Å². The molecule has 2 rings (SSSR count). The molecule has 0 aliphatic carbocycles. The average Bonchev–Trinajstić information content (AvgIpc) is 2.81. The van der Waals surface area contributed by atoms with E-state index in [1.807, 2.05) is 0 Å². The van der Waals surface area contributed by atoms with E-state index in [2.05, 4.69) is 10.2 Å². The van der Waals surface area contributed by atoms with E-state index in [0.29, 0.717) is 11.4 Å². The summed E-state index contributed by atoms with van der Waals surface area (Å²) in [6.07, 6.45) is 2.96. The zero-order valence-electron chi connectivity index (χ0n) is 8.49. The number of hydrogen-bond acceptors (Lipinski definition) is 4. The van der Waals surface area contributed by atoms with E-state index in [0.717, 1.165) is 0 Å². The Labute approximate surface area is 119 Å². The molecule has 1 aromatic heterocycles. The van der Waals surface area contributed by atoms with Crippen molar-refractivity contribution in [1.82, 2.24) is 15.0 Å². The van der Waals surface area contributed by atoms with E-state index in [9.17, 15) is 4.79 Å². The number of hydrogen-bond donors (Lipinski definition) is 1. The van der Waals surface area contributed by atoms with Gasteiger partial charge in [0.15, 0.2) is 0 Å². The molecule has 0 aliphatic heterocycles. The van der Waals surface area contributed by atoms with Gasteiger partial charge in [-0.1, -0.05) is 0 Å². The van der Waals surface area contributed by atoms with Crippen molar-refractivity contribution in [1.29, 1.82) is 0 Å². The van der Waals surface area contributed by atoms with Gasteiger partial charge in [-0.15, -0.1) is 0 Å². The van der Waals surface area contributed by atoms with E-state index < -0.39 is 5.97 Å². The molecule has 0 atom stereocenters. The van der Waals surface area contributed by atoms with Crippen LogP contribution < -0.4 is 4.74 Å². The third-order valence-electron chi connectivity index (χ3n) is 2.07. The summed E-state index contributed by atoms with van der Waals surface area (Å²) < 4.78 is 4.96. The van der Waals surface area contributed by atoms with E-state index in [1.165, 1.54) is 30.4 Å². The standard InChI is InChI=1S/C10H9N3O3.Na.H/c1-16-7-2-3-9(8(6-7)10(14)15)13-11-4-5-12-13;;/h2-6H,1H3,(H,14,15);;. The third-order valence-corrected chi connectivity index (χ3v) is 2.07. The molecule has 2 aromatic rings. The maximum absolute atomic E-state index is 11.1. The summed E-state index contributed by atoms with van der Waals surface area (Å²) in [6.45, 7) is 0. The van der Waals surface area contributed by atoms with Gasteiger partial charge in [-0.05, 0) is 18.2 Å². The van der Waals surface area contributed by atoms with Crippen LogP contribution in [0.25, 0.3) is 5.69 Å². The Hall–Kier alpha value is -1.37. The van der Waals surface area contributed by atoms with Crippen molar-refractivity contribution in [3.05, 3.63) is 36.2 Å². The van der Waals surface area contributed by atoms with Gasteiger partial charge < -0.3 is 9.84 Å². The number of carboxylic acid groups (broad SMARTS) is 1. The Bertz CT molecular complexity index is 514. The second-order valence-corrected chi connectivity index (χ2v) is 3.01. The van der Waals surface area contributed by atoms with E-state index in [1.54, 1.807) is 12.1 Å². The molecule has 84 valence electrons. The number of methoxy groups -OCH3 is 1. The summed E-state index contributed by atoms with van der Waals surface area (Å²) in [5, 5.41) is 16.8. The van der Waals surface area contributed by atoms with Crippen molar-refractivity contribution < 1.29 is 14.6 Å². The first-order chi connectivity index (χ1) is 7.72. The van der Waals surface area contributed by atoms with Crippen molar-refractivity contribution in [2.45, 2.75) is 0 Å². The number of benzene rings is 1. The van der Waals surface area contributed by atoms with Crippen LogP contribution in [-0.2, 0) is 0 Å². The van der Waals surface area contributed by atoms with Crippen LogP contribution in [0.1, 0.15) is 10.4 Å². The van der Waals surface area contributed by atoms with Crippen molar-refractivity contribution in [3.63, 3.8) is 0 Å². The Kier molecular flexibility index (Phi) is 4.68. The van der Waals surface area contributed by atoms with Gasteiger partial charge in [-0.25, -0.2) is 4.79 Å². The zero-order chi connectivity index (χ0) is 11.5. The molecule has 0 saturated heterocycles. The number of carboxylic acids is 1. The molecule has 0 aliphatic rings. The third kappa shape index (κ3) is 2.85. The normalized spacial score (nSPS) is 9.47. The van der Waals surface area contributed by atoms with Crippen molar-refractivity contribution in [3.8, 4) is 11.4 Å². The van der Waals surface area contributed by atoms with Gasteiger partial charge in [0.05, 0.1) is 25.1 Å². The van der Waals surface area contributed by atoms with Crippen LogP contribution in [0, 0.1) is 0 Å². The molecule has 0 fully saturated rings. The molecule has 7 heteroatoms. The van der Waals surface area contributed by atoms with Crippen LogP contribution in [0.2, 0.25) is 0 Å². The molecule has 1 N–H and O–H groups in total. The molecule has 0 bridgehead atoms. The van der Waals surface area contributed by atoms with Crippen molar-refractivity contribution in [2.24, 2.45) is 0 Å². The minimum absolute atomic E-state index is 0. The van der Waals surface area contributed by atoms with Gasteiger partial charge in [0.2, 0.25) is 0 Å². The van der Waals surface area contributed by atoms with Gasteiger partial charge in [-0.2, -0.15) is 15.0 Å². The fourth-order valence-corrected chi connectivity index (χ4v) is 1.33. The minimum atomic E-state index is -1.05. The number of rotatable bonds is 3. The predicted molar refractivity (Wildman–Crippen MR) is 62.0 cm³/mol. The summed E-state index contributed by atoms with van der Waals surface area (Å²) in [7, 11) is 1.48. The molecule has 1 aromatic carbocycles. The first kappa shape index (κ1) is 13.7. The van der Waals surface area contributed by atoms with Gasteiger partial charge in [0.1, 0.15) is 11.4 Å². The van der Waals surface area contributed by atoms with E-state index >= 15 is 0 Å². The zero-order valence-corrected chi connectivity index (χ0v) is 8.49.